The minimum absolute atomic E-state index is 0.328. The van der Waals surface area contributed by atoms with Crippen molar-refractivity contribution in [3.05, 3.63) is 59.2 Å². The Bertz CT molecular complexity index is 1120. The average molecular weight is 583 g/mol. The Kier molecular flexibility index (Phi) is 13.7. The van der Waals surface area contributed by atoms with Gasteiger partial charge in [0.05, 0.1) is 0 Å². The van der Waals surface area contributed by atoms with Crippen molar-refractivity contribution in [2.45, 2.75) is 83.8 Å². The number of rotatable bonds is 11. The summed E-state index contributed by atoms with van der Waals surface area (Å²) in [6.45, 7) is 6.43. The highest BCUT2D eigenvalue weighted by Gasteiger charge is 2.31. The molecule has 2 N–H and O–H groups in total. The molecule has 41 heavy (non-hydrogen) atoms. The second-order valence-corrected chi connectivity index (χ2v) is 12.9. The van der Waals surface area contributed by atoms with Crippen LogP contribution in [-0.2, 0) is 16.1 Å². The van der Waals surface area contributed by atoms with Gasteiger partial charge in [-0.1, -0.05) is 62.4 Å². The lowest BCUT2D eigenvalue weighted by Gasteiger charge is -2.25. The largest absolute Gasteiger partial charge is 0.480 e. The van der Waals surface area contributed by atoms with Gasteiger partial charge < -0.3 is 15.2 Å². The molecule has 7 heteroatoms. The smallest absolute Gasteiger partial charge is 0.326 e. The van der Waals surface area contributed by atoms with E-state index in [4.69, 9.17) is 0 Å². The molecule has 2 aromatic carbocycles. The van der Waals surface area contributed by atoms with E-state index in [0.717, 1.165) is 41.6 Å². The van der Waals surface area contributed by atoms with Gasteiger partial charge in [-0.3, -0.25) is 9.69 Å². The van der Waals surface area contributed by atoms with E-state index in [-0.39, 0.29) is 5.91 Å². The topological polar surface area (TPSA) is 78.9 Å². The lowest BCUT2D eigenvalue weighted by molar-refractivity contribution is -0.139. The minimum Gasteiger partial charge on any atom is -0.480 e. The molecular weight excluding hydrogens is 532 g/mol. The van der Waals surface area contributed by atoms with Crippen LogP contribution in [0.1, 0.15) is 79.8 Å². The maximum Gasteiger partial charge on any atom is 0.326 e. The molecule has 0 radical (unpaired) electrons. The molecule has 6 nitrogen and oxygen atoms in total. The summed E-state index contributed by atoms with van der Waals surface area (Å²) in [4.78, 5) is 27.8. The number of nitrogens with zero attached hydrogens (tertiary/aromatic N) is 1. The molecule has 2 aliphatic rings. The number of aliphatic carboxylic acids is 1. The third-order valence-electron chi connectivity index (χ3n) is 8.55. The molecule has 4 rings (SSSR count). The highest BCUT2D eigenvalue weighted by Crippen LogP contribution is 2.36. The Morgan fingerprint density at radius 3 is 2.44 bits per heavy atom. The fourth-order valence-electron chi connectivity index (χ4n) is 6.45. The number of carbonyl (C=O) groups is 2. The van der Waals surface area contributed by atoms with Gasteiger partial charge in [-0.25, -0.2) is 4.79 Å². The van der Waals surface area contributed by atoms with Gasteiger partial charge in [0.1, 0.15) is 6.04 Å². The molecule has 0 aromatic heterocycles. The Hall–Kier alpha value is -2.35. The monoisotopic (exact) mass is 582 g/mol. The summed E-state index contributed by atoms with van der Waals surface area (Å²) >= 11 is 1.58. The van der Waals surface area contributed by atoms with E-state index in [1.807, 2.05) is 30.5 Å². The van der Waals surface area contributed by atoms with Crippen molar-refractivity contribution < 1.29 is 19.4 Å². The molecule has 3 unspecified atom stereocenters. The number of methoxy groups -OCH3 is 1. The molecule has 1 aliphatic heterocycles. The van der Waals surface area contributed by atoms with Crippen molar-refractivity contribution in [2.75, 3.05) is 32.8 Å². The van der Waals surface area contributed by atoms with E-state index < -0.39 is 12.0 Å². The molecule has 1 amide bonds. The van der Waals surface area contributed by atoms with Crippen molar-refractivity contribution in [1.82, 2.24) is 10.2 Å². The summed E-state index contributed by atoms with van der Waals surface area (Å²) in [6.07, 6.45) is 12.0. The summed E-state index contributed by atoms with van der Waals surface area (Å²) in [6, 6.07) is 13.8. The number of aryl methyl sites for hydroxylation is 1. The third kappa shape index (κ3) is 9.86. The molecule has 1 saturated carbocycles. The highest BCUT2D eigenvalue weighted by molar-refractivity contribution is 7.98. The van der Waals surface area contributed by atoms with Crippen molar-refractivity contribution in [2.24, 2.45) is 11.8 Å². The zero-order valence-electron chi connectivity index (χ0n) is 25.7. The predicted molar refractivity (Wildman–Crippen MR) is 171 cm³/mol. The molecule has 0 bridgehead atoms. The zero-order chi connectivity index (χ0) is 29.8. The Morgan fingerprint density at radius 1 is 1.07 bits per heavy atom. The van der Waals surface area contributed by atoms with E-state index in [2.05, 4.69) is 47.0 Å². The Labute approximate surface area is 251 Å². The van der Waals surface area contributed by atoms with Crippen LogP contribution >= 0.6 is 11.8 Å². The van der Waals surface area contributed by atoms with Gasteiger partial charge in [-0.15, -0.1) is 0 Å². The first kappa shape index (κ1) is 33.2. The number of hydrogen-bond acceptors (Lipinski definition) is 5. The number of benzene rings is 2. The van der Waals surface area contributed by atoms with Crippen LogP contribution in [0.5, 0.6) is 0 Å². The van der Waals surface area contributed by atoms with Gasteiger partial charge in [-0.2, -0.15) is 11.8 Å². The number of ether oxygens (including phenoxy) is 1. The van der Waals surface area contributed by atoms with Crippen molar-refractivity contribution in [1.29, 1.82) is 0 Å². The molecule has 0 spiro atoms. The van der Waals surface area contributed by atoms with Crippen molar-refractivity contribution >= 4 is 23.6 Å². The summed E-state index contributed by atoms with van der Waals surface area (Å²) < 4.78 is 4.25. The molecule has 1 saturated heterocycles. The van der Waals surface area contributed by atoms with Crippen molar-refractivity contribution in [3.63, 3.8) is 0 Å². The first-order chi connectivity index (χ1) is 19.8. The quantitative estimate of drug-likeness (QED) is 0.296. The highest BCUT2D eigenvalue weighted by atomic mass is 32.2. The van der Waals surface area contributed by atoms with E-state index in [1.54, 1.807) is 26.0 Å². The van der Waals surface area contributed by atoms with Gasteiger partial charge in [0.15, 0.2) is 0 Å². The zero-order valence-corrected chi connectivity index (χ0v) is 26.5. The first-order valence-electron chi connectivity index (χ1n) is 15.1. The van der Waals surface area contributed by atoms with Crippen LogP contribution in [0.25, 0.3) is 11.1 Å². The second kappa shape index (κ2) is 16.9. The molecule has 3 atom stereocenters. The van der Waals surface area contributed by atoms with Crippen LogP contribution in [0.2, 0.25) is 0 Å². The van der Waals surface area contributed by atoms with E-state index in [1.165, 1.54) is 50.5 Å². The molecular formula is C34H50N2O4S. The van der Waals surface area contributed by atoms with E-state index in [0.29, 0.717) is 23.8 Å². The lowest BCUT2D eigenvalue weighted by atomic mass is 9.82. The SMILES string of the molecule is COC.CSCCC(NC(=O)c1ccc(CN2CC(CC3CCCCC3)CC2C)cc1-c1ccccc1C)C(=O)O. The fraction of sp³-hybridized carbons (Fsp3) is 0.588. The number of carboxylic acid groups (broad SMARTS) is 1. The van der Waals surface area contributed by atoms with Gasteiger partial charge in [0, 0.05) is 38.9 Å². The number of likely N-dealkylation sites (tertiary alicyclic amines) is 1. The fourth-order valence-corrected chi connectivity index (χ4v) is 6.92. The molecule has 2 fully saturated rings. The van der Waals surface area contributed by atoms with E-state index in [9.17, 15) is 14.7 Å². The Balaban J connectivity index is 0.00000147. The molecule has 1 heterocycles. The van der Waals surface area contributed by atoms with Gasteiger partial charge in [0.2, 0.25) is 0 Å². The van der Waals surface area contributed by atoms with Gasteiger partial charge in [0.25, 0.3) is 5.91 Å². The van der Waals surface area contributed by atoms with Gasteiger partial charge >= 0.3 is 5.97 Å². The van der Waals surface area contributed by atoms with Crippen LogP contribution in [-0.4, -0.2) is 66.7 Å². The standard InChI is InChI=1S/C32H44N2O3S.C2H6O/c1-22-9-7-8-12-27(22)29-19-25(13-14-28(29)31(35)33-30(32(36)37)15-16-38-3)20-34-21-26(17-23(34)2)18-24-10-5-4-6-11-24;1-3-2/h7-9,12-14,19,23-24,26,30H,4-6,10-11,15-18,20-21H2,1-3H3,(H,33,35)(H,36,37);1-2H3. The number of carboxylic acids is 1. The van der Waals surface area contributed by atoms with Crippen LogP contribution in [0.3, 0.4) is 0 Å². The summed E-state index contributed by atoms with van der Waals surface area (Å²) in [5.41, 5.74) is 4.71. The summed E-state index contributed by atoms with van der Waals surface area (Å²) in [5.74, 6) is 1.05. The van der Waals surface area contributed by atoms with Crippen LogP contribution < -0.4 is 5.32 Å². The van der Waals surface area contributed by atoms with Gasteiger partial charge in [-0.05, 0) is 91.3 Å². The van der Waals surface area contributed by atoms with Crippen LogP contribution in [0.4, 0.5) is 0 Å². The number of carbonyl (C=O) groups excluding carboxylic acids is 1. The normalized spacial score (nSPS) is 20.2. The first-order valence-corrected chi connectivity index (χ1v) is 16.5. The summed E-state index contributed by atoms with van der Waals surface area (Å²) in [5, 5.41) is 12.4. The number of hydrogen-bond donors (Lipinski definition) is 2. The predicted octanol–water partition coefficient (Wildman–Crippen LogP) is 7.04. The molecule has 2 aromatic rings. The Morgan fingerprint density at radius 2 is 1.78 bits per heavy atom. The third-order valence-corrected chi connectivity index (χ3v) is 9.19. The number of nitrogens with one attached hydrogen (secondary N) is 1. The minimum atomic E-state index is -0.993. The maximum atomic E-state index is 13.4. The average Bonchev–Trinajstić information content (AvgIpc) is 3.29. The number of thioether (sulfide) groups is 1. The molecule has 226 valence electrons. The van der Waals surface area contributed by atoms with Crippen LogP contribution in [0, 0.1) is 18.8 Å². The summed E-state index contributed by atoms with van der Waals surface area (Å²) in [7, 11) is 3.25. The van der Waals surface area contributed by atoms with Crippen LogP contribution in [0.15, 0.2) is 42.5 Å². The van der Waals surface area contributed by atoms with Crippen molar-refractivity contribution in [3.8, 4) is 11.1 Å². The number of amides is 1. The van der Waals surface area contributed by atoms with E-state index >= 15 is 0 Å². The second-order valence-electron chi connectivity index (χ2n) is 11.9. The molecule has 1 aliphatic carbocycles. The maximum absolute atomic E-state index is 13.4. The lowest BCUT2D eigenvalue weighted by Crippen LogP contribution is -2.41.